The molecule has 3 rings (SSSR count). The third-order valence-corrected chi connectivity index (χ3v) is 5.40. The summed E-state index contributed by atoms with van der Waals surface area (Å²) >= 11 is 1.58. The number of likely N-dealkylation sites (tertiary alicyclic amines) is 1. The largest absolute Gasteiger partial charge is 0.351 e. The van der Waals surface area contributed by atoms with Gasteiger partial charge in [0.1, 0.15) is 6.33 Å². The Kier molecular flexibility index (Phi) is 6.47. The summed E-state index contributed by atoms with van der Waals surface area (Å²) in [5.74, 6) is 0.744. The van der Waals surface area contributed by atoms with E-state index in [9.17, 15) is 4.79 Å². The highest BCUT2D eigenvalue weighted by Gasteiger charge is 2.11. The molecule has 0 unspecified atom stereocenters. The number of aromatic nitrogens is 3. The molecule has 1 saturated heterocycles. The Morgan fingerprint density at radius 2 is 1.96 bits per heavy atom. The smallest absolute Gasteiger partial charge is 0.251 e. The third kappa shape index (κ3) is 5.31. The molecule has 0 saturated carbocycles. The van der Waals surface area contributed by atoms with Crippen LogP contribution in [-0.4, -0.2) is 51.0 Å². The van der Waals surface area contributed by atoms with Gasteiger partial charge in [-0.3, -0.25) is 9.69 Å². The lowest BCUT2D eigenvalue weighted by Crippen LogP contribution is -2.29. The normalized spacial score (nSPS) is 15.2. The number of amides is 1. The van der Waals surface area contributed by atoms with Crippen LogP contribution in [-0.2, 0) is 13.6 Å². The lowest BCUT2D eigenvalue weighted by atomic mass is 10.1. The monoisotopic (exact) mass is 359 g/mol. The topological polar surface area (TPSA) is 63.1 Å². The Hall–Kier alpha value is -1.86. The first-order chi connectivity index (χ1) is 12.2. The van der Waals surface area contributed by atoms with E-state index in [0.717, 1.165) is 17.5 Å². The van der Waals surface area contributed by atoms with Gasteiger partial charge in [0.2, 0.25) is 0 Å². The Morgan fingerprint density at radius 1 is 1.20 bits per heavy atom. The molecule has 0 radical (unpaired) electrons. The van der Waals surface area contributed by atoms with E-state index >= 15 is 0 Å². The van der Waals surface area contributed by atoms with Crippen LogP contribution in [0.1, 0.15) is 35.2 Å². The van der Waals surface area contributed by atoms with E-state index < -0.39 is 0 Å². The molecule has 0 spiro atoms. The van der Waals surface area contributed by atoms with Gasteiger partial charge in [-0.1, -0.05) is 30.3 Å². The molecule has 0 bridgehead atoms. The fraction of sp³-hybridized carbons (Fsp3) is 0.500. The van der Waals surface area contributed by atoms with Gasteiger partial charge in [0.15, 0.2) is 5.16 Å². The fourth-order valence-corrected chi connectivity index (χ4v) is 3.69. The molecule has 2 heterocycles. The van der Waals surface area contributed by atoms with Crippen LogP contribution in [0.4, 0.5) is 0 Å². The van der Waals surface area contributed by atoms with E-state index in [1.165, 1.54) is 37.9 Å². The fourth-order valence-electron chi connectivity index (χ4n) is 2.95. The summed E-state index contributed by atoms with van der Waals surface area (Å²) in [4.78, 5) is 14.7. The number of rotatable bonds is 7. The molecule has 0 aliphatic carbocycles. The molecule has 25 heavy (non-hydrogen) atoms. The molecule has 1 fully saturated rings. The summed E-state index contributed by atoms with van der Waals surface area (Å²) in [6.07, 6.45) is 5.62. The second-order valence-electron chi connectivity index (χ2n) is 6.36. The van der Waals surface area contributed by atoms with E-state index in [2.05, 4.69) is 32.5 Å². The van der Waals surface area contributed by atoms with Crippen LogP contribution in [0.25, 0.3) is 0 Å². The molecule has 1 N–H and O–H groups in total. The number of hydrogen-bond donors (Lipinski definition) is 1. The lowest BCUT2D eigenvalue weighted by Gasteiger charge is -2.26. The van der Waals surface area contributed by atoms with E-state index in [1.54, 1.807) is 18.1 Å². The Labute approximate surface area is 153 Å². The SMILES string of the molecule is Cn1cnnc1SCCNC(=O)c1ccc(CN2CCCCC2)cc1. The Bertz CT molecular complexity index is 679. The van der Waals surface area contributed by atoms with Gasteiger partial charge >= 0.3 is 0 Å². The minimum absolute atomic E-state index is 0.0249. The van der Waals surface area contributed by atoms with Crippen molar-refractivity contribution in [2.75, 3.05) is 25.4 Å². The Morgan fingerprint density at radius 3 is 2.64 bits per heavy atom. The first kappa shape index (κ1) is 17.9. The number of nitrogens with zero attached hydrogens (tertiary/aromatic N) is 4. The number of carbonyl (C=O) groups excluding carboxylic acids is 1. The van der Waals surface area contributed by atoms with Gasteiger partial charge in [-0.05, 0) is 43.6 Å². The van der Waals surface area contributed by atoms with Crippen molar-refractivity contribution in [2.24, 2.45) is 7.05 Å². The van der Waals surface area contributed by atoms with Gasteiger partial charge in [0.25, 0.3) is 5.91 Å². The molecule has 0 atom stereocenters. The molecule has 134 valence electrons. The minimum atomic E-state index is -0.0249. The van der Waals surface area contributed by atoms with Gasteiger partial charge in [0.05, 0.1) is 0 Å². The van der Waals surface area contributed by atoms with Crippen molar-refractivity contribution in [1.82, 2.24) is 25.0 Å². The highest BCUT2D eigenvalue weighted by molar-refractivity contribution is 7.99. The molecule has 1 amide bonds. The zero-order valence-electron chi connectivity index (χ0n) is 14.6. The van der Waals surface area contributed by atoms with Crippen molar-refractivity contribution in [1.29, 1.82) is 0 Å². The molecule has 2 aromatic rings. The number of piperidine rings is 1. The molecule has 1 aliphatic heterocycles. The van der Waals surface area contributed by atoms with Gasteiger partial charge in [-0.25, -0.2) is 0 Å². The molecular weight excluding hydrogens is 334 g/mol. The number of thioether (sulfide) groups is 1. The lowest BCUT2D eigenvalue weighted by molar-refractivity contribution is 0.0956. The summed E-state index contributed by atoms with van der Waals surface area (Å²) in [7, 11) is 1.91. The van der Waals surface area contributed by atoms with Crippen LogP contribution in [0.2, 0.25) is 0 Å². The minimum Gasteiger partial charge on any atom is -0.351 e. The predicted molar refractivity (Wildman–Crippen MR) is 99.6 cm³/mol. The Balaban J connectivity index is 1.41. The van der Waals surface area contributed by atoms with Crippen molar-refractivity contribution in [3.8, 4) is 0 Å². The zero-order chi connectivity index (χ0) is 17.5. The quantitative estimate of drug-likeness (QED) is 0.607. The van der Waals surface area contributed by atoms with Crippen molar-refractivity contribution < 1.29 is 4.79 Å². The second kappa shape index (κ2) is 9.01. The van der Waals surface area contributed by atoms with E-state index in [-0.39, 0.29) is 5.91 Å². The van der Waals surface area contributed by atoms with Gasteiger partial charge < -0.3 is 9.88 Å². The standard InChI is InChI=1S/C18H25N5OS/c1-22-14-20-21-18(22)25-12-9-19-17(24)16-7-5-15(6-8-16)13-23-10-3-2-4-11-23/h5-8,14H,2-4,9-13H2,1H3,(H,19,24). The summed E-state index contributed by atoms with van der Waals surface area (Å²) in [5, 5.41) is 11.7. The number of benzene rings is 1. The van der Waals surface area contributed by atoms with E-state index in [4.69, 9.17) is 0 Å². The summed E-state index contributed by atoms with van der Waals surface area (Å²) in [5.41, 5.74) is 1.99. The number of carbonyl (C=O) groups is 1. The highest BCUT2D eigenvalue weighted by Crippen LogP contribution is 2.14. The molecule has 1 aliphatic rings. The van der Waals surface area contributed by atoms with E-state index in [1.807, 2.05) is 23.7 Å². The predicted octanol–water partition coefficient (Wildman–Crippen LogP) is 2.32. The number of hydrogen-bond acceptors (Lipinski definition) is 5. The summed E-state index contributed by atoms with van der Waals surface area (Å²) in [6, 6.07) is 7.98. The maximum atomic E-state index is 12.2. The van der Waals surface area contributed by atoms with Gasteiger partial charge in [-0.15, -0.1) is 10.2 Å². The molecule has 6 nitrogen and oxygen atoms in total. The van der Waals surface area contributed by atoms with Crippen LogP contribution >= 0.6 is 11.8 Å². The van der Waals surface area contributed by atoms with Crippen molar-refractivity contribution in [3.63, 3.8) is 0 Å². The van der Waals surface area contributed by atoms with E-state index in [0.29, 0.717) is 12.1 Å². The van der Waals surface area contributed by atoms with Crippen molar-refractivity contribution in [3.05, 3.63) is 41.7 Å². The van der Waals surface area contributed by atoms with Crippen LogP contribution in [0.15, 0.2) is 35.7 Å². The van der Waals surface area contributed by atoms with Crippen LogP contribution < -0.4 is 5.32 Å². The first-order valence-electron chi connectivity index (χ1n) is 8.78. The highest BCUT2D eigenvalue weighted by atomic mass is 32.2. The number of nitrogens with one attached hydrogen (secondary N) is 1. The molecular formula is C18H25N5OS. The number of aryl methyl sites for hydroxylation is 1. The van der Waals surface area contributed by atoms with Gasteiger partial charge in [-0.2, -0.15) is 0 Å². The average molecular weight is 359 g/mol. The van der Waals surface area contributed by atoms with Crippen molar-refractivity contribution in [2.45, 2.75) is 31.0 Å². The van der Waals surface area contributed by atoms with Gasteiger partial charge in [0, 0.05) is 31.5 Å². The molecule has 1 aromatic heterocycles. The van der Waals surface area contributed by atoms with Crippen molar-refractivity contribution >= 4 is 17.7 Å². The first-order valence-corrected chi connectivity index (χ1v) is 9.77. The molecule has 7 heteroatoms. The second-order valence-corrected chi connectivity index (χ2v) is 7.42. The van der Waals surface area contributed by atoms with Crippen LogP contribution in [0.5, 0.6) is 0 Å². The molecule has 1 aromatic carbocycles. The zero-order valence-corrected chi connectivity index (χ0v) is 15.5. The van der Waals surface area contributed by atoms with Crippen LogP contribution in [0.3, 0.4) is 0 Å². The van der Waals surface area contributed by atoms with Crippen LogP contribution in [0, 0.1) is 0 Å². The average Bonchev–Trinajstić information content (AvgIpc) is 3.05. The summed E-state index contributed by atoms with van der Waals surface area (Å²) < 4.78 is 1.87. The maximum Gasteiger partial charge on any atom is 0.251 e. The maximum absolute atomic E-state index is 12.2. The third-order valence-electron chi connectivity index (χ3n) is 4.36. The summed E-state index contributed by atoms with van der Waals surface area (Å²) in [6.45, 7) is 3.96.